The molecule has 0 saturated heterocycles. The first kappa shape index (κ1) is 21.6. The first-order valence-electron chi connectivity index (χ1n) is 8.16. The van der Waals surface area contributed by atoms with E-state index >= 15 is 0 Å². The standard InChI is InChI=1S/C15H35N3O3Si/c1-8-19-22(20-9-2,21-10-3)12-11-14(17-6)15(18-7)13(4)16-5/h14-18H,4,8-12H2,1-3,5-7H3. The number of nitrogens with one attached hydrogen (secondary N) is 3. The molecule has 0 aliphatic carbocycles. The van der Waals surface area contributed by atoms with E-state index in [0.717, 1.165) is 18.2 Å². The van der Waals surface area contributed by atoms with E-state index in [4.69, 9.17) is 13.3 Å². The molecule has 2 atom stereocenters. The topological polar surface area (TPSA) is 63.8 Å². The SMILES string of the molecule is C=C(NC)C(NC)C(CC[Si](OCC)(OCC)OCC)NC. The molecule has 0 aliphatic rings. The third-order valence-corrected chi connectivity index (χ3v) is 6.72. The van der Waals surface area contributed by atoms with Crippen LogP contribution in [0.15, 0.2) is 12.3 Å². The summed E-state index contributed by atoms with van der Waals surface area (Å²) in [5, 5.41) is 9.79. The number of hydrogen-bond donors (Lipinski definition) is 3. The largest absolute Gasteiger partial charge is 0.500 e. The molecule has 6 nitrogen and oxygen atoms in total. The van der Waals surface area contributed by atoms with E-state index in [0.29, 0.717) is 19.8 Å². The van der Waals surface area contributed by atoms with Gasteiger partial charge in [0.2, 0.25) is 0 Å². The van der Waals surface area contributed by atoms with Crippen molar-refractivity contribution in [2.45, 2.75) is 45.3 Å². The van der Waals surface area contributed by atoms with Crippen LogP contribution >= 0.6 is 0 Å². The summed E-state index contributed by atoms with van der Waals surface area (Å²) in [5.41, 5.74) is 0.957. The molecule has 0 spiro atoms. The Bertz CT molecular complexity index is 289. The Morgan fingerprint density at radius 3 is 1.77 bits per heavy atom. The van der Waals surface area contributed by atoms with Crippen LogP contribution in [-0.4, -0.2) is 61.9 Å². The summed E-state index contributed by atoms with van der Waals surface area (Å²) in [6.45, 7) is 11.8. The first-order valence-corrected chi connectivity index (χ1v) is 10.1. The monoisotopic (exact) mass is 333 g/mol. The van der Waals surface area contributed by atoms with Crippen molar-refractivity contribution < 1.29 is 13.3 Å². The Kier molecular flexibility index (Phi) is 11.8. The molecular formula is C15H35N3O3Si. The maximum atomic E-state index is 5.91. The zero-order chi connectivity index (χ0) is 17.0. The molecule has 0 aromatic carbocycles. The minimum Gasteiger partial charge on any atom is -0.391 e. The quantitative estimate of drug-likeness (QED) is 0.417. The number of hydrogen-bond acceptors (Lipinski definition) is 6. The van der Waals surface area contributed by atoms with Gasteiger partial charge in [-0.25, -0.2) is 0 Å². The first-order chi connectivity index (χ1) is 10.5. The molecule has 22 heavy (non-hydrogen) atoms. The van der Waals surface area contributed by atoms with Gasteiger partial charge in [0.25, 0.3) is 0 Å². The van der Waals surface area contributed by atoms with Gasteiger partial charge in [-0.2, -0.15) is 0 Å². The Morgan fingerprint density at radius 1 is 0.955 bits per heavy atom. The Balaban J connectivity index is 4.92. The highest BCUT2D eigenvalue weighted by atomic mass is 28.4. The van der Waals surface area contributed by atoms with E-state index in [-0.39, 0.29) is 12.1 Å². The smallest absolute Gasteiger partial charge is 0.391 e. The predicted molar refractivity (Wildman–Crippen MR) is 94.0 cm³/mol. The molecule has 7 heteroatoms. The van der Waals surface area contributed by atoms with Gasteiger partial charge in [-0.15, -0.1) is 0 Å². The van der Waals surface area contributed by atoms with Gasteiger partial charge >= 0.3 is 8.80 Å². The van der Waals surface area contributed by atoms with Gasteiger partial charge in [0.05, 0.1) is 6.04 Å². The third-order valence-electron chi connectivity index (χ3n) is 3.63. The summed E-state index contributed by atoms with van der Waals surface area (Å²) < 4.78 is 17.7. The van der Waals surface area contributed by atoms with Crippen LogP contribution in [0, 0.1) is 0 Å². The molecule has 0 fully saturated rings. The van der Waals surface area contributed by atoms with E-state index in [1.54, 1.807) is 0 Å². The van der Waals surface area contributed by atoms with Crippen LogP contribution in [0.3, 0.4) is 0 Å². The van der Waals surface area contributed by atoms with Crippen LogP contribution in [0.1, 0.15) is 27.2 Å². The van der Waals surface area contributed by atoms with Gasteiger partial charge < -0.3 is 29.2 Å². The Labute approximate surface area is 137 Å². The second-order valence-electron chi connectivity index (χ2n) is 4.96. The summed E-state index contributed by atoms with van der Waals surface area (Å²) in [4.78, 5) is 0. The zero-order valence-corrected chi connectivity index (χ0v) is 16.1. The highest BCUT2D eigenvalue weighted by Gasteiger charge is 2.41. The van der Waals surface area contributed by atoms with E-state index < -0.39 is 8.80 Å². The molecule has 0 heterocycles. The van der Waals surface area contributed by atoms with Gasteiger partial charge in [0.1, 0.15) is 0 Å². The van der Waals surface area contributed by atoms with Crippen LogP contribution < -0.4 is 16.0 Å². The van der Waals surface area contributed by atoms with Gasteiger partial charge in [-0.3, -0.25) is 0 Å². The van der Waals surface area contributed by atoms with Crippen LogP contribution in [0.25, 0.3) is 0 Å². The highest BCUT2D eigenvalue weighted by Crippen LogP contribution is 2.21. The minimum absolute atomic E-state index is 0.131. The molecule has 0 aromatic heterocycles. The van der Waals surface area contributed by atoms with Crippen molar-refractivity contribution >= 4 is 8.80 Å². The van der Waals surface area contributed by atoms with Crippen molar-refractivity contribution in [2.24, 2.45) is 0 Å². The molecule has 0 amide bonds. The van der Waals surface area contributed by atoms with Crippen LogP contribution in [-0.2, 0) is 13.3 Å². The van der Waals surface area contributed by atoms with Crippen LogP contribution in [0.5, 0.6) is 0 Å². The molecule has 0 aliphatic heterocycles. The highest BCUT2D eigenvalue weighted by molar-refractivity contribution is 6.60. The number of likely N-dealkylation sites (N-methyl/N-ethyl adjacent to an activating group) is 3. The second-order valence-corrected chi connectivity index (χ2v) is 7.69. The summed E-state index contributed by atoms with van der Waals surface area (Å²) in [6, 6.07) is 1.13. The average molecular weight is 334 g/mol. The van der Waals surface area contributed by atoms with Crippen molar-refractivity contribution in [3.05, 3.63) is 12.3 Å². The Hall–Kier alpha value is -0.443. The van der Waals surface area contributed by atoms with E-state index in [1.807, 2.05) is 41.9 Å². The lowest BCUT2D eigenvalue weighted by Gasteiger charge is -2.32. The fourth-order valence-corrected chi connectivity index (χ4v) is 5.25. The van der Waals surface area contributed by atoms with Gasteiger partial charge in [0, 0.05) is 44.7 Å². The third kappa shape index (κ3) is 6.76. The molecule has 3 N–H and O–H groups in total. The minimum atomic E-state index is -2.60. The predicted octanol–water partition coefficient (Wildman–Crippen LogP) is 1.33. The normalized spacial score (nSPS) is 14.6. The molecule has 0 radical (unpaired) electrons. The van der Waals surface area contributed by atoms with Crippen molar-refractivity contribution in [3.8, 4) is 0 Å². The molecule has 2 unspecified atom stereocenters. The molecule has 0 bridgehead atoms. The van der Waals surface area contributed by atoms with Crippen molar-refractivity contribution in [1.29, 1.82) is 0 Å². The summed E-state index contributed by atoms with van der Waals surface area (Å²) in [5.74, 6) is 0. The fourth-order valence-electron chi connectivity index (χ4n) is 2.58. The van der Waals surface area contributed by atoms with E-state index in [9.17, 15) is 0 Å². The Morgan fingerprint density at radius 2 is 1.45 bits per heavy atom. The average Bonchev–Trinajstić information content (AvgIpc) is 2.51. The van der Waals surface area contributed by atoms with Crippen LogP contribution in [0.2, 0.25) is 6.04 Å². The lowest BCUT2D eigenvalue weighted by Crippen LogP contribution is -2.51. The van der Waals surface area contributed by atoms with Crippen LogP contribution in [0.4, 0.5) is 0 Å². The van der Waals surface area contributed by atoms with Crippen molar-refractivity contribution in [2.75, 3.05) is 41.0 Å². The van der Waals surface area contributed by atoms with Crippen molar-refractivity contribution in [3.63, 3.8) is 0 Å². The van der Waals surface area contributed by atoms with Crippen molar-refractivity contribution in [1.82, 2.24) is 16.0 Å². The van der Waals surface area contributed by atoms with Gasteiger partial charge in [-0.1, -0.05) is 6.58 Å². The number of rotatable bonds is 14. The van der Waals surface area contributed by atoms with E-state index in [2.05, 4.69) is 22.5 Å². The maximum absolute atomic E-state index is 5.91. The molecule has 132 valence electrons. The lowest BCUT2D eigenvalue weighted by molar-refractivity contribution is 0.0698. The van der Waals surface area contributed by atoms with Gasteiger partial charge in [0.15, 0.2) is 0 Å². The summed E-state index contributed by atoms with van der Waals surface area (Å²) in [6.07, 6.45) is 0.884. The molecule has 0 aromatic rings. The van der Waals surface area contributed by atoms with Gasteiger partial charge in [-0.05, 0) is 41.3 Å². The zero-order valence-electron chi connectivity index (χ0n) is 15.1. The summed E-state index contributed by atoms with van der Waals surface area (Å²) in [7, 11) is 3.19. The van der Waals surface area contributed by atoms with E-state index in [1.165, 1.54) is 0 Å². The molecular weight excluding hydrogens is 298 g/mol. The second kappa shape index (κ2) is 12.0. The molecule has 0 saturated carbocycles. The molecule has 0 rings (SSSR count). The summed E-state index contributed by atoms with van der Waals surface area (Å²) >= 11 is 0. The fraction of sp³-hybridized carbons (Fsp3) is 0.867. The lowest BCUT2D eigenvalue weighted by atomic mass is 10.0. The maximum Gasteiger partial charge on any atom is 0.500 e.